The molecule has 5 rings (SSSR count). The van der Waals surface area contributed by atoms with Gasteiger partial charge in [0.1, 0.15) is 11.5 Å². The van der Waals surface area contributed by atoms with Crippen LogP contribution in [0.3, 0.4) is 0 Å². The molecule has 2 aliphatic rings. The summed E-state index contributed by atoms with van der Waals surface area (Å²) in [6.45, 7) is 1.72. The number of carbonyl (C=O) groups is 3. The molecule has 3 aromatic rings. The predicted molar refractivity (Wildman–Crippen MR) is 157 cm³/mol. The molecule has 214 valence electrons. The van der Waals surface area contributed by atoms with Gasteiger partial charge < -0.3 is 30.7 Å². The average Bonchev–Trinajstić information content (AvgIpc) is 3.83. The van der Waals surface area contributed by atoms with Crippen molar-refractivity contribution in [3.05, 3.63) is 83.4 Å². The Balaban J connectivity index is 1.17. The predicted octanol–water partition coefficient (Wildman–Crippen LogP) is 4.97. The maximum atomic E-state index is 13.4. The summed E-state index contributed by atoms with van der Waals surface area (Å²) in [5, 5.41) is 5.68. The molecule has 0 radical (unpaired) electrons. The molecule has 0 bridgehead atoms. The van der Waals surface area contributed by atoms with Crippen molar-refractivity contribution >= 4 is 29.1 Å². The van der Waals surface area contributed by atoms with Gasteiger partial charge in [0.15, 0.2) is 6.61 Å². The van der Waals surface area contributed by atoms with Gasteiger partial charge in [-0.1, -0.05) is 31.0 Å². The van der Waals surface area contributed by atoms with E-state index in [9.17, 15) is 14.4 Å². The van der Waals surface area contributed by atoms with E-state index in [1.807, 2.05) is 41.3 Å². The van der Waals surface area contributed by atoms with Gasteiger partial charge in [-0.05, 0) is 80.3 Å². The van der Waals surface area contributed by atoms with Crippen molar-refractivity contribution in [2.24, 2.45) is 5.73 Å². The number of nitrogens with one attached hydrogen (secondary N) is 2. The second-order valence-corrected chi connectivity index (χ2v) is 10.4. The molecule has 1 fully saturated rings. The summed E-state index contributed by atoms with van der Waals surface area (Å²) in [4.78, 5) is 39.7. The Hall–Kier alpha value is -4.37. The number of carbonyl (C=O) groups excluding carboxylic acids is 3. The van der Waals surface area contributed by atoms with E-state index in [2.05, 4.69) is 10.6 Å². The zero-order chi connectivity index (χ0) is 28.6. The van der Waals surface area contributed by atoms with Crippen LogP contribution >= 0.6 is 0 Å². The van der Waals surface area contributed by atoms with Gasteiger partial charge in [0.05, 0.1) is 12.3 Å². The molecule has 3 amide bonds. The van der Waals surface area contributed by atoms with Crippen LogP contribution in [0.2, 0.25) is 0 Å². The molecule has 0 unspecified atom stereocenters. The van der Waals surface area contributed by atoms with Crippen LogP contribution in [0.1, 0.15) is 64.8 Å². The highest BCUT2D eigenvalue weighted by atomic mass is 16.5. The highest BCUT2D eigenvalue weighted by Crippen LogP contribution is 2.33. The lowest BCUT2D eigenvalue weighted by atomic mass is 10.1. The van der Waals surface area contributed by atoms with Crippen molar-refractivity contribution in [2.45, 2.75) is 51.1 Å². The zero-order valence-corrected chi connectivity index (χ0v) is 23.1. The summed E-state index contributed by atoms with van der Waals surface area (Å²) >= 11 is 0. The van der Waals surface area contributed by atoms with E-state index >= 15 is 0 Å². The molecular weight excluding hydrogens is 520 g/mol. The number of amides is 3. The molecule has 0 aromatic heterocycles. The van der Waals surface area contributed by atoms with Crippen LogP contribution in [0.4, 0.5) is 11.4 Å². The quantitative estimate of drug-likeness (QED) is 0.256. The number of benzene rings is 3. The molecule has 41 heavy (non-hydrogen) atoms. The number of hydrogen-bond donors (Lipinski definition) is 3. The number of ether oxygens (including phenoxy) is 2. The third-order valence-electron chi connectivity index (χ3n) is 7.14. The monoisotopic (exact) mass is 556 g/mol. The van der Waals surface area contributed by atoms with Gasteiger partial charge in [0.2, 0.25) is 0 Å². The van der Waals surface area contributed by atoms with Crippen molar-refractivity contribution in [2.75, 3.05) is 30.4 Å². The fourth-order valence-electron chi connectivity index (χ4n) is 4.74. The lowest BCUT2D eigenvalue weighted by molar-refractivity contribution is -0.118. The Labute approximate surface area is 240 Å². The first kappa shape index (κ1) is 28.2. The number of rotatable bonds is 13. The van der Waals surface area contributed by atoms with Gasteiger partial charge in [-0.2, -0.15) is 0 Å². The van der Waals surface area contributed by atoms with E-state index in [4.69, 9.17) is 15.2 Å². The summed E-state index contributed by atoms with van der Waals surface area (Å²) in [6, 6.07) is 20.0. The first-order valence-corrected chi connectivity index (χ1v) is 14.2. The van der Waals surface area contributed by atoms with Crippen molar-refractivity contribution in [3.63, 3.8) is 0 Å². The van der Waals surface area contributed by atoms with Crippen LogP contribution in [0.25, 0.3) is 0 Å². The molecule has 4 N–H and O–H groups in total. The van der Waals surface area contributed by atoms with Crippen LogP contribution in [-0.2, 0) is 11.3 Å². The van der Waals surface area contributed by atoms with Crippen molar-refractivity contribution in [3.8, 4) is 11.5 Å². The summed E-state index contributed by atoms with van der Waals surface area (Å²) in [7, 11) is 0. The first-order chi connectivity index (χ1) is 20.0. The van der Waals surface area contributed by atoms with Crippen LogP contribution in [-0.4, -0.2) is 48.4 Å². The Morgan fingerprint density at radius 3 is 2.54 bits per heavy atom. The molecule has 0 atom stereocenters. The van der Waals surface area contributed by atoms with Crippen molar-refractivity contribution < 1.29 is 23.9 Å². The number of nitrogens with two attached hydrogens (primary N) is 1. The Morgan fingerprint density at radius 2 is 1.76 bits per heavy atom. The van der Waals surface area contributed by atoms with E-state index in [-0.39, 0.29) is 30.4 Å². The number of unbranched alkanes of at least 4 members (excludes halogenated alkanes) is 3. The van der Waals surface area contributed by atoms with Gasteiger partial charge in [-0.25, -0.2) is 0 Å². The van der Waals surface area contributed by atoms with E-state index in [1.165, 1.54) is 0 Å². The van der Waals surface area contributed by atoms with Crippen LogP contribution in [0.15, 0.2) is 66.7 Å². The molecule has 1 heterocycles. The van der Waals surface area contributed by atoms with Crippen molar-refractivity contribution in [1.29, 1.82) is 0 Å². The maximum Gasteiger partial charge on any atom is 0.262 e. The zero-order valence-electron chi connectivity index (χ0n) is 23.1. The highest BCUT2D eigenvalue weighted by molar-refractivity contribution is 6.04. The third-order valence-corrected chi connectivity index (χ3v) is 7.14. The van der Waals surface area contributed by atoms with Gasteiger partial charge in [-0.3, -0.25) is 14.4 Å². The molecule has 1 aliphatic carbocycles. The number of nitrogens with zero attached hydrogens (tertiary/aromatic N) is 1. The van der Waals surface area contributed by atoms with E-state index in [1.54, 1.807) is 30.3 Å². The third kappa shape index (κ3) is 7.64. The molecule has 9 nitrogen and oxygen atoms in total. The minimum Gasteiger partial charge on any atom is -0.494 e. The molecular formula is C32H36N4O5. The smallest absolute Gasteiger partial charge is 0.262 e. The maximum absolute atomic E-state index is 13.4. The Morgan fingerprint density at radius 1 is 0.976 bits per heavy atom. The number of fused-ring (bicyclic) bond motifs is 1. The number of hydrogen-bond acceptors (Lipinski definition) is 6. The minimum atomic E-state index is -0.216. The lowest BCUT2D eigenvalue weighted by Crippen LogP contribution is -2.33. The molecule has 0 saturated heterocycles. The molecule has 9 heteroatoms. The molecule has 3 aromatic carbocycles. The second-order valence-electron chi connectivity index (χ2n) is 10.4. The summed E-state index contributed by atoms with van der Waals surface area (Å²) < 4.78 is 11.3. The second kappa shape index (κ2) is 13.3. The Kier molecular flexibility index (Phi) is 9.15. The fourth-order valence-corrected chi connectivity index (χ4v) is 4.74. The summed E-state index contributed by atoms with van der Waals surface area (Å²) in [5.41, 5.74) is 8.74. The van der Waals surface area contributed by atoms with Gasteiger partial charge >= 0.3 is 0 Å². The topological polar surface area (TPSA) is 123 Å². The van der Waals surface area contributed by atoms with Crippen LogP contribution in [0, 0.1) is 0 Å². The largest absolute Gasteiger partial charge is 0.494 e. The molecule has 0 spiro atoms. The highest BCUT2D eigenvalue weighted by Gasteiger charge is 2.33. The number of anilines is 2. The van der Waals surface area contributed by atoms with Crippen molar-refractivity contribution in [1.82, 2.24) is 4.90 Å². The average molecular weight is 557 g/mol. The van der Waals surface area contributed by atoms with Gasteiger partial charge in [0, 0.05) is 35.5 Å². The first-order valence-electron chi connectivity index (χ1n) is 14.2. The summed E-state index contributed by atoms with van der Waals surface area (Å²) in [5.74, 6) is 0.701. The normalized spacial score (nSPS) is 13.9. The van der Waals surface area contributed by atoms with Gasteiger partial charge in [-0.15, -0.1) is 0 Å². The Bertz CT molecular complexity index is 1390. The standard InChI is InChI=1S/C32H36N4O5/c33-16-3-1-2-4-17-40-27-7-5-6-25(19-27)34-31(38)23-10-8-22(9-11-23)20-36(26-13-14-26)32(39)24-12-15-28-29(18-24)41-21-30(37)35-28/h5-12,15,18-19,26H,1-4,13-14,16-17,20-21,33H2,(H,34,38)(H,35,37). The molecule has 1 aliphatic heterocycles. The van der Waals surface area contributed by atoms with Crippen LogP contribution in [0.5, 0.6) is 11.5 Å². The van der Waals surface area contributed by atoms with E-state index in [0.717, 1.165) is 56.4 Å². The van der Waals surface area contributed by atoms with Gasteiger partial charge in [0.25, 0.3) is 17.7 Å². The fraction of sp³-hybridized carbons (Fsp3) is 0.344. The minimum absolute atomic E-state index is 0.0634. The molecule has 1 saturated carbocycles. The van der Waals surface area contributed by atoms with E-state index < -0.39 is 0 Å². The summed E-state index contributed by atoms with van der Waals surface area (Å²) in [6.07, 6.45) is 6.11. The SMILES string of the molecule is NCCCCCCOc1cccc(NC(=O)c2ccc(CN(C(=O)c3ccc4c(c3)OCC(=O)N4)C3CC3)cc2)c1. The van der Waals surface area contributed by atoms with E-state index in [0.29, 0.717) is 41.4 Å². The van der Waals surface area contributed by atoms with Crippen LogP contribution < -0.4 is 25.8 Å². The lowest BCUT2D eigenvalue weighted by Gasteiger charge is -2.24.